The van der Waals surface area contributed by atoms with Crippen molar-refractivity contribution in [3.63, 3.8) is 0 Å². The van der Waals surface area contributed by atoms with Crippen LogP contribution >= 0.6 is 0 Å². The van der Waals surface area contributed by atoms with E-state index < -0.39 is 6.16 Å². The number of hydrogen-bond acceptors (Lipinski definition) is 6. The van der Waals surface area contributed by atoms with E-state index in [0.29, 0.717) is 13.2 Å². The lowest BCUT2D eigenvalue weighted by atomic mass is 10.3. The Morgan fingerprint density at radius 1 is 1.11 bits per heavy atom. The Labute approximate surface area is 108 Å². The van der Waals surface area contributed by atoms with Crippen LogP contribution in [0.1, 0.15) is 20.3 Å². The highest BCUT2D eigenvalue weighted by atomic mass is 16.7. The van der Waals surface area contributed by atoms with Gasteiger partial charge in [0.05, 0.1) is 25.4 Å². The normalized spacial score (nSPS) is 14.0. The Kier molecular flexibility index (Phi) is 10.7. The van der Waals surface area contributed by atoms with Gasteiger partial charge < -0.3 is 23.7 Å². The van der Waals surface area contributed by atoms with Crippen molar-refractivity contribution in [2.24, 2.45) is 0 Å². The third-order valence-corrected chi connectivity index (χ3v) is 2.30. The van der Waals surface area contributed by atoms with Gasteiger partial charge in [-0.3, -0.25) is 0 Å². The van der Waals surface area contributed by atoms with Crippen LogP contribution in [0, 0.1) is 0 Å². The first-order valence-corrected chi connectivity index (χ1v) is 6.06. The zero-order valence-corrected chi connectivity index (χ0v) is 11.6. The molecule has 108 valence electrons. The summed E-state index contributed by atoms with van der Waals surface area (Å²) >= 11 is 0. The van der Waals surface area contributed by atoms with Crippen LogP contribution in [-0.4, -0.2) is 59.0 Å². The van der Waals surface area contributed by atoms with Crippen molar-refractivity contribution in [2.45, 2.75) is 32.5 Å². The molecule has 2 unspecified atom stereocenters. The predicted molar refractivity (Wildman–Crippen MR) is 65.7 cm³/mol. The first kappa shape index (κ1) is 17.2. The third kappa shape index (κ3) is 9.21. The molecule has 0 rings (SSSR count). The van der Waals surface area contributed by atoms with Gasteiger partial charge in [0.25, 0.3) is 0 Å². The molecule has 6 nitrogen and oxygen atoms in total. The van der Waals surface area contributed by atoms with Crippen LogP contribution in [-0.2, 0) is 23.7 Å². The van der Waals surface area contributed by atoms with E-state index in [1.54, 1.807) is 7.11 Å². The summed E-state index contributed by atoms with van der Waals surface area (Å²) in [5, 5.41) is 0. The second kappa shape index (κ2) is 11.3. The monoisotopic (exact) mass is 264 g/mol. The minimum Gasteiger partial charge on any atom is -0.432 e. The van der Waals surface area contributed by atoms with Crippen molar-refractivity contribution >= 4 is 6.16 Å². The summed E-state index contributed by atoms with van der Waals surface area (Å²) in [5.41, 5.74) is 0. The molecular weight excluding hydrogens is 240 g/mol. The standard InChI is InChI=1S/C12H24O6/c1-5-11(15-4)9-17-10(2)8-18-12(13)16-7-6-14-3/h10-11H,5-9H2,1-4H3. The van der Waals surface area contributed by atoms with Gasteiger partial charge in [-0.2, -0.15) is 0 Å². The number of carbonyl (C=O) groups is 1. The SMILES string of the molecule is CCC(COC(C)COC(=O)OCCOC)OC. The molecule has 0 saturated heterocycles. The van der Waals surface area contributed by atoms with Gasteiger partial charge in [-0.05, 0) is 13.3 Å². The summed E-state index contributed by atoms with van der Waals surface area (Å²) in [7, 11) is 3.18. The fourth-order valence-corrected chi connectivity index (χ4v) is 1.11. The van der Waals surface area contributed by atoms with Crippen LogP contribution in [0.4, 0.5) is 4.79 Å². The highest BCUT2D eigenvalue weighted by Crippen LogP contribution is 2.01. The number of rotatable bonds is 10. The average Bonchev–Trinajstić information content (AvgIpc) is 2.38. The van der Waals surface area contributed by atoms with E-state index in [9.17, 15) is 4.79 Å². The van der Waals surface area contributed by atoms with Gasteiger partial charge in [-0.25, -0.2) is 4.79 Å². The molecule has 0 amide bonds. The maximum absolute atomic E-state index is 11.1. The van der Waals surface area contributed by atoms with Gasteiger partial charge in [-0.1, -0.05) is 6.92 Å². The van der Waals surface area contributed by atoms with Crippen LogP contribution in [0.5, 0.6) is 0 Å². The van der Waals surface area contributed by atoms with E-state index >= 15 is 0 Å². The first-order valence-electron chi connectivity index (χ1n) is 6.06. The molecule has 0 aliphatic heterocycles. The van der Waals surface area contributed by atoms with E-state index in [0.717, 1.165) is 6.42 Å². The molecule has 0 saturated carbocycles. The molecule has 0 aromatic rings. The van der Waals surface area contributed by atoms with Crippen molar-refractivity contribution in [3.8, 4) is 0 Å². The first-order chi connectivity index (χ1) is 8.63. The van der Waals surface area contributed by atoms with Gasteiger partial charge in [0.15, 0.2) is 0 Å². The smallest absolute Gasteiger partial charge is 0.432 e. The summed E-state index contributed by atoms with van der Waals surface area (Å²) in [6, 6.07) is 0. The highest BCUT2D eigenvalue weighted by molar-refractivity contribution is 5.59. The van der Waals surface area contributed by atoms with Crippen molar-refractivity contribution in [2.75, 3.05) is 40.6 Å². The van der Waals surface area contributed by atoms with Gasteiger partial charge in [0.2, 0.25) is 0 Å². The Balaban J connectivity index is 3.56. The van der Waals surface area contributed by atoms with E-state index in [4.69, 9.17) is 23.7 Å². The van der Waals surface area contributed by atoms with Crippen molar-refractivity contribution in [1.82, 2.24) is 0 Å². The van der Waals surface area contributed by atoms with Crippen LogP contribution in [0.3, 0.4) is 0 Å². The quantitative estimate of drug-likeness (QED) is 0.441. The molecule has 0 heterocycles. The molecular formula is C12H24O6. The summed E-state index contributed by atoms with van der Waals surface area (Å²) in [6.45, 7) is 5.03. The lowest BCUT2D eigenvalue weighted by Gasteiger charge is -2.17. The molecule has 0 aromatic carbocycles. The molecule has 0 aromatic heterocycles. The van der Waals surface area contributed by atoms with Crippen LogP contribution in [0.15, 0.2) is 0 Å². The maximum atomic E-state index is 11.1. The number of methoxy groups -OCH3 is 2. The maximum Gasteiger partial charge on any atom is 0.508 e. The second-order valence-electron chi connectivity index (χ2n) is 3.81. The van der Waals surface area contributed by atoms with Crippen molar-refractivity contribution in [1.29, 1.82) is 0 Å². The van der Waals surface area contributed by atoms with Gasteiger partial charge >= 0.3 is 6.16 Å². The summed E-state index contributed by atoms with van der Waals surface area (Å²) < 4.78 is 25.0. The van der Waals surface area contributed by atoms with E-state index in [2.05, 4.69) is 0 Å². The van der Waals surface area contributed by atoms with Crippen LogP contribution in [0.25, 0.3) is 0 Å². The van der Waals surface area contributed by atoms with Crippen LogP contribution in [0.2, 0.25) is 0 Å². The van der Waals surface area contributed by atoms with E-state index in [-0.39, 0.29) is 25.4 Å². The van der Waals surface area contributed by atoms with Gasteiger partial charge in [0.1, 0.15) is 13.2 Å². The lowest BCUT2D eigenvalue weighted by Crippen LogP contribution is -2.25. The fraction of sp³-hybridized carbons (Fsp3) is 0.917. The molecule has 0 aliphatic carbocycles. The molecule has 0 spiro atoms. The van der Waals surface area contributed by atoms with Gasteiger partial charge in [-0.15, -0.1) is 0 Å². The third-order valence-electron chi connectivity index (χ3n) is 2.30. The molecule has 0 fully saturated rings. The molecule has 0 bridgehead atoms. The zero-order valence-electron chi connectivity index (χ0n) is 11.6. The highest BCUT2D eigenvalue weighted by Gasteiger charge is 2.11. The topological polar surface area (TPSA) is 63.2 Å². The number of ether oxygens (including phenoxy) is 5. The summed E-state index contributed by atoms with van der Waals surface area (Å²) in [5.74, 6) is 0. The van der Waals surface area contributed by atoms with Crippen molar-refractivity contribution < 1.29 is 28.5 Å². The average molecular weight is 264 g/mol. The Bertz CT molecular complexity index is 205. The van der Waals surface area contributed by atoms with E-state index in [1.807, 2.05) is 13.8 Å². The number of carbonyl (C=O) groups excluding carboxylic acids is 1. The Morgan fingerprint density at radius 2 is 1.83 bits per heavy atom. The van der Waals surface area contributed by atoms with Crippen LogP contribution < -0.4 is 0 Å². The molecule has 18 heavy (non-hydrogen) atoms. The molecule has 0 N–H and O–H groups in total. The second-order valence-corrected chi connectivity index (χ2v) is 3.81. The molecule has 0 aliphatic rings. The fourth-order valence-electron chi connectivity index (χ4n) is 1.11. The largest absolute Gasteiger partial charge is 0.508 e. The van der Waals surface area contributed by atoms with Crippen molar-refractivity contribution in [3.05, 3.63) is 0 Å². The molecule has 2 atom stereocenters. The Morgan fingerprint density at radius 3 is 2.39 bits per heavy atom. The Hall–Kier alpha value is -0.850. The summed E-state index contributed by atoms with van der Waals surface area (Å²) in [6.07, 6.45) is 0.0509. The number of hydrogen-bond donors (Lipinski definition) is 0. The minimum absolute atomic E-state index is 0.0705. The molecule has 6 heteroatoms. The zero-order chi connectivity index (χ0) is 13.8. The predicted octanol–water partition coefficient (Wildman–Crippen LogP) is 1.62. The minimum atomic E-state index is -0.707. The van der Waals surface area contributed by atoms with E-state index in [1.165, 1.54) is 7.11 Å². The lowest BCUT2D eigenvalue weighted by molar-refractivity contribution is -0.0502. The summed E-state index contributed by atoms with van der Waals surface area (Å²) in [4.78, 5) is 11.1. The van der Waals surface area contributed by atoms with Gasteiger partial charge in [0, 0.05) is 14.2 Å². The molecule has 0 radical (unpaired) electrons.